The highest BCUT2D eigenvalue weighted by Gasteiger charge is 2.09. The number of hydrogen-bond acceptors (Lipinski definition) is 4. The topological polar surface area (TPSA) is 69.4 Å². The van der Waals surface area contributed by atoms with Crippen molar-refractivity contribution in [2.45, 2.75) is 0 Å². The number of carbonyl (C=O) groups is 1. The summed E-state index contributed by atoms with van der Waals surface area (Å²) in [6.45, 7) is 0. The number of carbonyl (C=O) groups excluding carboxylic acids is 1. The second-order valence-corrected chi connectivity index (χ2v) is 2.49. The number of benzene rings is 1. The monoisotopic (exact) mass is 245 g/mol. The van der Waals surface area contributed by atoms with E-state index < -0.39 is 10.9 Å². The largest absolute Gasteiger partial charge is 0.380 e. The summed E-state index contributed by atoms with van der Waals surface area (Å²) in [6, 6.07) is 5.11. The van der Waals surface area contributed by atoms with Crippen molar-refractivity contribution in [2.24, 2.45) is 0 Å². The predicted molar refractivity (Wildman–Crippen MR) is 47.4 cm³/mol. The van der Waals surface area contributed by atoms with Gasteiger partial charge in [-0.25, -0.2) is 4.79 Å². The van der Waals surface area contributed by atoms with Crippen molar-refractivity contribution >= 4 is 27.9 Å². The van der Waals surface area contributed by atoms with Gasteiger partial charge in [-0.2, -0.15) is 0 Å². The van der Waals surface area contributed by atoms with Crippen LogP contribution in [0.2, 0.25) is 0 Å². The molecule has 5 nitrogen and oxygen atoms in total. The van der Waals surface area contributed by atoms with E-state index in [4.69, 9.17) is 0 Å². The van der Waals surface area contributed by atoms with Crippen LogP contribution in [0.15, 0.2) is 24.3 Å². The summed E-state index contributed by atoms with van der Waals surface area (Å²) in [6.07, 6.45) is 0. The zero-order valence-corrected chi connectivity index (χ0v) is 7.85. The number of non-ortho nitro benzene ring substituents is 1. The minimum absolute atomic E-state index is 0.0638. The van der Waals surface area contributed by atoms with Crippen molar-refractivity contribution in [3.05, 3.63) is 39.9 Å². The summed E-state index contributed by atoms with van der Waals surface area (Å²) in [4.78, 5) is 20.5. The fraction of sp³-hybridized carbons (Fsp3) is 0. The Hall–Kier alpha value is -1.43. The van der Waals surface area contributed by atoms with Crippen molar-refractivity contribution in [1.82, 2.24) is 0 Å². The molecule has 0 aliphatic heterocycles. The highest BCUT2D eigenvalue weighted by Crippen LogP contribution is 2.13. The maximum Gasteiger partial charge on any atom is 0.349 e. The molecule has 0 fully saturated rings. The molecule has 1 aromatic rings. The Labute approximate surface area is 81.9 Å². The fourth-order valence-corrected chi connectivity index (χ4v) is 0.951. The molecule has 0 saturated heterocycles. The van der Waals surface area contributed by atoms with Gasteiger partial charge in [-0.15, -0.1) is 0 Å². The average molecular weight is 246 g/mol. The number of nitro groups is 1. The van der Waals surface area contributed by atoms with Gasteiger partial charge in [0.1, 0.15) is 0 Å². The van der Waals surface area contributed by atoms with E-state index in [9.17, 15) is 14.9 Å². The van der Waals surface area contributed by atoms with Gasteiger partial charge in [0, 0.05) is 12.1 Å². The Morgan fingerprint density at radius 3 is 2.31 bits per heavy atom. The third-order valence-electron chi connectivity index (χ3n) is 1.38. The average Bonchev–Trinajstić information content (AvgIpc) is 2.17. The lowest BCUT2D eigenvalue weighted by Crippen LogP contribution is -1.97. The Balaban J connectivity index is 2.93. The van der Waals surface area contributed by atoms with Gasteiger partial charge in [0.25, 0.3) is 5.69 Å². The van der Waals surface area contributed by atoms with Crippen molar-refractivity contribution in [3.63, 3.8) is 0 Å². The quantitative estimate of drug-likeness (QED) is 0.591. The molecule has 1 aromatic carbocycles. The van der Waals surface area contributed by atoms with E-state index in [-0.39, 0.29) is 11.3 Å². The highest BCUT2D eigenvalue weighted by molar-refractivity contribution is 9.06. The summed E-state index contributed by atoms with van der Waals surface area (Å²) in [5, 5.41) is 10.2. The van der Waals surface area contributed by atoms with Crippen molar-refractivity contribution < 1.29 is 13.5 Å². The fourth-order valence-electron chi connectivity index (χ4n) is 0.764. The van der Waals surface area contributed by atoms with E-state index in [0.717, 1.165) is 0 Å². The van der Waals surface area contributed by atoms with Gasteiger partial charge in [-0.1, -0.05) is 0 Å². The van der Waals surface area contributed by atoms with Gasteiger partial charge in [-0.3, -0.25) is 10.1 Å². The molecular weight excluding hydrogens is 242 g/mol. The second-order valence-electron chi connectivity index (χ2n) is 2.17. The van der Waals surface area contributed by atoms with Gasteiger partial charge >= 0.3 is 5.97 Å². The maximum atomic E-state index is 10.9. The van der Waals surface area contributed by atoms with E-state index in [0.29, 0.717) is 0 Å². The minimum atomic E-state index is -0.588. The summed E-state index contributed by atoms with van der Waals surface area (Å²) in [7, 11) is 0. The van der Waals surface area contributed by atoms with Crippen LogP contribution in [-0.4, -0.2) is 10.9 Å². The van der Waals surface area contributed by atoms with Crippen LogP contribution in [0.4, 0.5) is 5.69 Å². The van der Waals surface area contributed by atoms with E-state index in [1.165, 1.54) is 24.3 Å². The lowest BCUT2D eigenvalue weighted by molar-refractivity contribution is -0.384. The molecule has 0 atom stereocenters. The summed E-state index contributed by atoms with van der Waals surface area (Å²) in [5.74, 6) is -0.588. The first kappa shape index (κ1) is 9.66. The van der Waals surface area contributed by atoms with Gasteiger partial charge < -0.3 is 3.83 Å². The van der Waals surface area contributed by atoms with Crippen LogP contribution >= 0.6 is 16.3 Å². The first-order chi connectivity index (χ1) is 6.15. The zero-order valence-electron chi connectivity index (χ0n) is 6.27. The Morgan fingerprint density at radius 1 is 1.38 bits per heavy atom. The smallest absolute Gasteiger partial charge is 0.349 e. The highest BCUT2D eigenvalue weighted by atomic mass is 79.9. The van der Waals surface area contributed by atoms with Crippen molar-refractivity contribution in [1.29, 1.82) is 0 Å². The number of hydrogen-bond donors (Lipinski definition) is 0. The molecule has 0 aliphatic carbocycles. The number of nitro benzene ring substituents is 1. The first-order valence-electron chi connectivity index (χ1n) is 3.22. The Bertz CT molecular complexity index is 335. The standard InChI is InChI=1S/C7H4BrNO4/c8-13-7(10)5-1-3-6(4-2-5)9(11)12/h1-4H. The van der Waals surface area contributed by atoms with Gasteiger partial charge in [0.2, 0.25) is 0 Å². The molecule has 0 saturated carbocycles. The molecule has 0 unspecified atom stereocenters. The minimum Gasteiger partial charge on any atom is -0.380 e. The number of halogens is 1. The van der Waals surface area contributed by atoms with E-state index in [2.05, 4.69) is 20.1 Å². The lowest BCUT2D eigenvalue weighted by Gasteiger charge is -1.95. The van der Waals surface area contributed by atoms with Crippen molar-refractivity contribution in [3.8, 4) is 0 Å². The predicted octanol–water partition coefficient (Wildman–Crippen LogP) is 2.06. The molecule has 0 bridgehead atoms. The molecule has 13 heavy (non-hydrogen) atoms. The van der Waals surface area contributed by atoms with Crippen LogP contribution in [-0.2, 0) is 3.83 Å². The normalized spacial score (nSPS) is 9.31. The van der Waals surface area contributed by atoms with E-state index >= 15 is 0 Å². The molecule has 6 heteroatoms. The molecule has 1 rings (SSSR count). The van der Waals surface area contributed by atoms with Gasteiger partial charge in [0.15, 0.2) is 16.3 Å². The van der Waals surface area contributed by atoms with Crippen molar-refractivity contribution in [2.75, 3.05) is 0 Å². The summed E-state index contributed by atoms with van der Waals surface area (Å²) < 4.78 is 4.24. The van der Waals surface area contributed by atoms with Crippen LogP contribution in [0.25, 0.3) is 0 Å². The molecule has 0 aromatic heterocycles. The van der Waals surface area contributed by atoms with Crippen LogP contribution in [0.1, 0.15) is 10.4 Å². The Morgan fingerprint density at radius 2 is 1.92 bits per heavy atom. The molecule has 0 radical (unpaired) electrons. The van der Waals surface area contributed by atoms with E-state index in [1.807, 2.05) is 0 Å². The summed E-state index contributed by atoms with van der Waals surface area (Å²) >= 11 is 2.52. The van der Waals surface area contributed by atoms with E-state index in [1.54, 1.807) is 0 Å². The number of nitrogens with zero attached hydrogens (tertiary/aromatic N) is 1. The second kappa shape index (κ2) is 3.99. The summed E-state index contributed by atoms with van der Waals surface area (Å²) in [5.41, 5.74) is 0.189. The Kier molecular flexibility index (Phi) is 2.97. The van der Waals surface area contributed by atoms with Gasteiger partial charge in [-0.05, 0) is 12.1 Å². The molecule has 0 N–H and O–H groups in total. The SMILES string of the molecule is O=C(OBr)c1ccc([N+](=O)[O-])cc1. The third kappa shape index (κ3) is 2.25. The first-order valence-corrected chi connectivity index (χ1v) is 3.87. The lowest BCUT2D eigenvalue weighted by atomic mass is 10.2. The van der Waals surface area contributed by atoms with Crippen LogP contribution in [0.3, 0.4) is 0 Å². The number of rotatable bonds is 2. The molecular formula is C7H4BrNO4. The van der Waals surface area contributed by atoms with Crippen LogP contribution in [0, 0.1) is 10.1 Å². The molecule has 0 spiro atoms. The zero-order chi connectivity index (χ0) is 9.84. The third-order valence-corrected chi connectivity index (χ3v) is 1.68. The van der Waals surface area contributed by atoms with Crippen LogP contribution < -0.4 is 0 Å². The van der Waals surface area contributed by atoms with Crippen LogP contribution in [0.5, 0.6) is 0 Å². The molecule has 68 valence electrons. The maximum absolute atomic E-state index is 10.9. The molecule has 0 amide bonds. The molecule has 0 aliphatic rings. The van der Waals surface area contributed by atoms with Gasteiger partial charge in [0.05, 0.1) is 10.5 Å². The molecule has 0 heterocycles.